The summed E-state index contributed by atoms with van der Waals surface area (Å²) in [4.78, 5) is 5.16. The van der Waals surface area contributed by atoms with Crippen LogP contribution in [0.2, 0.25) is 0 Å². The number of rotatable bonds is 5. The summed E-state index contributed by atoms with van der Waals surface area (Å²) in [7, 11) is 0. The van der Waals surface area contributed by atoms with Gasteiger partial charge in [-0.05, 0) is 89.0 Å². The number of nitrogens with zero attached hydrogens (tertiary/aromatic N) is 3. The lowest BCUT2D eigenvalue weighted by Gasteiger charge is -2.16. The van der Waals surface area contributed by atoms with Gasteiger partial charge in [0.1, 0.15) is 11.2 Å². The molecule has 0 aliphatic carbocycles. The lowest BCUT2D eigenvalue weighted by molar-refractivity contribution is 0.669. The Balaban J connectivity index is 1.28. The average Bonchev–Trinajstić information content (AvgIpc) is 3.75. The van der Waals surface area contributed by atoms with Crippen LogP contribution in [0.1, 0.15) is 5.56 Å². The van der Waals surface area contributed by atoms with Gasteiger partial charge in [-0.25, -0.2) is 4.98 Å². The van der Waals surface area contributed by atoms with Gasteiger partial charge in [-0.2, -0.15) is 5.26 Å². The van der Waals surface area contributed by atoms with E-state index >= 15 is 0 Å². The van der Waals surface area contributed by atoms with Crippen LogP contribution in [0, 0.1) is 11.3 Å². The van der Waals surface area contributed by atoms with Gasteiger partial charge >= 0.3 is 0 Å². The Morgan fingerprint density at radius 1 is 0.423 bits per heavy atom. The minimum atomic E-state index is 0.622. The van der Waals surface area contributed by atoms with Crippen molar-refractivity contribution in [3.8, 4) is 56.5 Å². The summed E-state index contributed by atoms with van der Waals surface area (Å²) in [6.07, 6.45) is 0. The maximum absolute atomic E-state index is 9.84. The van der Waals surface area contributed by atoms with Crippen LogP contribution in [0.4, 0.5) is 0 Å². The second-order valence-electron chi connectivity index (χ2n) is 13.1. The SMILES string of the molecule is N#Cc1cccc(-c2cc(-c3cc(-c4ccccc4)nc(-c4ccccc4)c3)cc(-n3c4ccccc4c4cc5oc6ccccc6c5cc43)c2)c1. The molecule has 10 aromatic rings. The van der Waals surface area contributed by atoms with E-state index in [1.54, 1.807) is 0 Å². The van der Waals surface area contributed by atoms with Crippen molar-refractivity contribution in [2.45, 2.75) is 0 Å². The minimum absolute atomic E-state index is 0.622. The highest BCUT2D eigenvalue weighted by Crippen LogP contribution is 2.40. The fourth-order valence-electron chi connectivity index (χ4n) is 7.52. The first-order chi connectivity index (χ1) is 25.7. The molecule has 0 fully saturated rings. The summed E-state index contributed by atoms with van der Waals surface area (Å²) in [6.45, 7) is 0. The van der Waals surface area contributed by atoms with Crippen LogP contribution >= 0.6 is 0 Å². The van der Waals surface area contributed by atoms with Gasteiger partial charge in [-0.3, -0.25) is 0 Å². The normalized spacial score (nSPS) is 11.4. The predicted octanol–water partition coefficient (Wildman–Crippen LogP) is 12.6. The largest absolute Gasteiger partial charge is 0.456 e. The van der Waals surface area contributed by atoms with E-state index in [0.717, 1.165) is 94.2 Å². The molecule has 0 atom stereocenters. The summed E-state index contributed by atoms with van der Waals surface area (Å²) in [5, 5.41) is 14.3. The van der Waals surface area contributed by atoms with Crippen molar-refractivity contribution in [2.24, 2.45) is 0 Å². The van der Waals surface area contributed by atoms with Crippen LogP contribution in [-0.2, 0) is 0 Å². The molecule has 3 aromatic heterocycles. The fourth-order valence-corrected chi connectivity index (χ4v) is 7.52. The van der Waals surface area contributed by atoms with E-state index in [0.29, 0.717) is 5.56 Å². The van der Waals surface area contributed by atoms with Crippen LogP contribution in [0.5, 0.6) is 0 Å². The van der Waals surface area contributed by atoms with Crippen molar-refractivity contribution in [2.75, 3.05) is 0 Å². The highest BCUT2D eigenvalue weighted by atomic mass is 16.3. The molecule has 0 radical (unpaired) electrons. The highest BCUT2D eigenvalue weighted by molar-refractivity contribution is 6.17. The van der Waals surface area contributed by atoms with E-state index in [-0.39, 0.29) is 0 Å². The Labute approximate surface area is 300 Å². The zero-order valence-electron chi connectivity index (χ0n) is 28.0. The van der Waals surface area contributed by atoms with Gasteiger partial charge in [-0.15, -0.1) is 0 Å². The van der Waals surface area contributed by atoms with Crippen molar-refractivity contribution in [1.82, 2.24) is 9.55 Å². The zero-order chi connectivity index (χ0) is 34.6. The van der Waals surface area contributed by atoms with Crippen LogP contribution < -0.4 is 0 Å². The number of fused-ring (bicyclic) bond motifs is 6. The third kappa shape index (κ3) is 4.95. The van der Waals surface area contributed by atoms with Crippen LogP contribution in [-0.4, -0.2) is 9.55 Å². The molecule has 4 nitrogen and oxygen atoms in total. The van der Waals surface area contributed by atoms with Gasteiger partial charge in [0.15, 0.2) is 0 Å². The van der Waals surface area contributed by atoms with E-state index in [9.17, 15) is 5.26 Å². The molecule has 0 bridgehead atoms. The number of nitriles is 1. The Kier molecular flexibility index (Phi) is 6.84. The van der Waals surface area contributed by atoms with Crippen molar-refractivity contribution in [3.05, 3.63) is 181 Å². The van der Waals surface area contributed by atoms with Crippen molar-refractivity contribution < 1.29 is 4.42 Å². The summed E-state index contributed by atoms with van der Waals surface area (Å²) in [5.41, 5.74) is 13.6. The molecule has 0 spiro atoms. The Morgan fingerprint density at radius 2 is 1.04 bits per heavy atom. The Morgan fingerprint density at radius 3 is 1.77 bits per heavy atom. The molecule has 10 rings (SSSR count). The second-order valence-corrected chi connectivity index (χ2v) is 13.1. The maximum Gasteiger partial charge on any atom is 0.136 e. The van der Waals surface area contributed by atoms with Gasteiger partial charge in [-0.1, -0.05) is 109 Å². The standard InChI is InChI=1S/C48H29N3O/c49-30-31-12-11-17-34(22-31)35-23-36(37-26-43(32-13-3-1-4-14-32)50-44(27-37)33-15-5-2-6-16-33)25-38(24-35)51-45-20-9-7-18-39(45)41-29-48-42(28-46(41)51)40-19-8-10-21-47(40)52-48/h1-29H. The molecule has 3 heterocycles. The molecule has 0 aliphatic heterocycles. The Hall–Kier alpha value is -7.22. The van der Waals surface area contributed by atoms with E-state index in [4.69, 9.17) is 9.40 Å². The van der Waals surface area contributed by atoms with E-state index in [2.05, 4.69) is 144 Å². The smallest absolute Gasteiger partial charge is 0.136 e. The summed E-state index contributed by atoms with van der Waals surface area (Å²) < 4.78 is 8.72. The molecule has 0 aliphatic rings. The quantitative estimate of drug-likeness (QED) is 0.184. The van der Waals surface area contributed by atoms with Gasteiger partial charge < -0.3 is 8.98 Å². The molecule has 0 saturated carbocycles. The van der Waals surface area contributed by atoms with Crippen LogP contribution in [0.25, 0.3) is 94.2 Å². The number of para-hydroxylation sites is 2. The first-order valence-electron chi connectivity index (χ1n) is 17.3. The predicted molar refractivity (Wildman–Crippen MR) is 212 cm³/mol. The molecule has 0 amide bonds. The van der Waals surface area contributed by atoms with Gasteiger partial charge in [0, 0.05) is 38.4 Å². The lowest BCUT2D eigenvalue weighted by atomic mass is 9.95. The van der Waals surface area contributed by atoms with E-state index in [1.807, 2.05) is 42.5 Å². The number of furan rings is 1. The molecule has 4 heteroatoms. The number of benzene rings is 7. The van der Waals surface area contributed by atoms with Gasteiger partial charge in [0.05, 0.1) is 34.1 Å². The summed E-state index contributed by atoms with van der Waals surface area (Å²) in [5.74, 6) is 0. The van der Waals surface area contributed by atoms with Crippen molar-refractivity contribution in [1.29, 1.82) is 5.26 Å². The Bertz CT molecular complexity index is 2960. The van der Waals surface area contributed by atoms with Gasteiger partial charge in [0.2, 0.25) is 0 Å². The maximum atomic E-state index is 9.84. The van der Waals surface area contributed by atoms with Gasteiger partial charge in [0.25, 0.3) is 0 Å². The third-order valence-electron chi connectivity index (χ3n) is 9.97. The molecular weight excluding hydrogens is 635 g/mol. The molecule has 7 aromatic carbocycles. The van der Waals surface area contributed by atoms with Crippen molar-refractivity contribution in [3.63, 3.8) is 0 Å². The van der Waals surface area contributed by atoms with E-state index < -0.39 is 0 Å². The minimum Gasteiger partial charge on any atom is -0.456 e. The molecular formula is C48H29N3O. The van der Waals surface area contributed by atoms with Crippen LogP contribution in [0.15, 0.2) is 180 Å². The molecule has 242 valence electrons. The third-order valence-corrected chi connectivity index (χ3v) is 9.97. The topological polar surface area (TPSA) is 54.8 Å². The zero-order valence-corrected chi connectivity index (χ0v) is 28.0. The fraction of sp³-hybridized carbons (Fsp3) is 0. The monoisotopic (exact) mass is 663 g/mol. The highest BCUT2D eigenvalue weighted by Gasteiger charge is 2.18. The second kappa shape index (κ2) is 12.0. The average molecular weight is 664 g/mol. The first kappa shape index (κ1) is 29.7. The summed E-state index contributed by atoms with van der Waals surface area (Å²) in [6, 6.07) is 63.2. The van der Waals surface area contributed by atoms with Crippen molar-refractivity contribution >= 4 is 43.7 Å². The van der Waals surface area contributed by atoms with E-state index in [1.165, 1.54) is 0 Å². The number of hydrogen-bond donors (Lipinski definition) is 0. The number of pyridine rings is 1. The molecule has 0 N–H and O–H groups in total. The molecule has 52 heavy (non-hydrogen) atoms. The number of hydrogen-bond acceptors (Lipinski definition) is 3. The molecule has 0 saturated heterocycles. The number of aromatic nitrogens is 2. The van der Waals surface area contributed by atoms with Crippen LogP contribution in [0.3, 0.4) is 0 Å². The summed E-state index contributed by atoms with van der Waals surface area (Å²) >= 11 is 0. The first-order valence-corrected chi connectivity index (χ1v) is 17.3. The molecule has 0 unspecified atom stereocenters. The lowest BCUT2D eigenvalue weighted by Crippen LogP contribution is -1.97.